The molecule has 1 nitrogen and oxygen atoms in total. The van der Waals surface area contributed by atoms with Crippen molar-refractivity contribution < 1.29 is 0 Å². The molecule has 3 rings (SSSR count). The van der Waals surface area contributed by atoms with Crippen molar-refractivity contribution in [2.24, 2.45) is 11.8 Å². The van der Waals surface area contributed by atoms with Gasteiger partial charge in [0.2, 0.25) is 0 Å². The van der Waals surface area contributed by atoms with Crippen LogP contribution in [-0.4, -0.2) is 17.4 Å². The lowest BCUT2D eigenvalue weighted by Gasteiger charge is -2.44. The lowest BCUT2D eigenvalue weighted by Crippen LogP contribution is -2.44. The van der Waals surface area contributed by atoms with E-state index >= 15 is 0 Å². The number of hydrogen-bond acceptors (Lipinski definition) is 2. The average Bonchev–Trinajstić information content (AvgIpc) is 1.62. The monoisotopic (exact) mass is 129 g/mol. The van der Waals surface area contributed by atoms with Crippen LogP contribution in [0.1, 0.15) is 12.8 Å². The summed E-state index contributed by atoms with van der Waals surface area (Å²) in [5, 5.41) is 0. The van der Waals surface area contributed by atoms with E-state index in [1.807, 2.05) is 0 Å². The Morgan fingerprint density at radius 2 is 1.62 bits per heavy atom. The first-order valence-corrected chi connectivity index (χ1v) is 3.68. The van der Waals surface area contributed by atoms with Crippen molar-refractivity contribution in [2.75, 3.05) is 13.1 Å². The summed E-state index contributed by atoms with van der Waals surface area (Å²) in [7, 11) is 0. The Hall–Kier alpha value is 0.310. The molecular formula is C6H11NS. The molecule has 0 N–H and O–H groups in total. The Balaban J connectivity index is 1.97. The van der Waals surface area contributed by atoms with Gasteiger partial charge in [0.1, 0.15) is 0 Å². The minimum atomic E-state index is 1.01. The van der Waals surface area contributed by atoms with Crippen LogP contribution in [0.25, 0.3) is 0 Å². The Labute approximate surface area is 55.6 Å². The Morgan fingerprint density at radius 3 is 1.88 bits per heavy atom. The van der Waals surface area contributed by atoms with E-state index in [0.29, 0.717) is 0 Å². The summed E-state index contributed by atoms with van der Waals surface area (Å²) in [5.74, 6) is 2.01. The molecule has 2 saturated heterocycles. The normalized spacial score (nSPS) is 46.1. The van der Waals surface area contributed by atoms with Crippen LogP contribution in [0, 0.1) is 11.8 Å². The van der Waals surface area contributed by atoms with Crippen LogP contribution < -0.4 is 0 Å². The van der Waals surface area contributed by atoms with Crippen molar-refractivity contribution in [2.45, 2.75) is 12.8 Å². The number of thiol groups is 1. The predicted molar refractivity (Wildman–Crippen MR) is 36.8 cm³/mol. The van der Waals surface area contributed by atoms with Crippen LogP contribution in [0.5, 0.6) is 0 Å². The smallest absolute Gasteiger partial charge is 0.0116 e. The van der Waals surface area contributed by atoms with Crippen LogP contribution in [-0.2, 0) is 0 Å². The number of nitrogens with zero attached hydrogens (tertiary/aromatic N) is 1. The number of fused-ring (bicyclic) bond motifs is 2. The maximum atomic E-state index is 4.28. The van der Waals surface area contributed by atoms with Crippen LogP contribution in [0.3, 0.4) is 0 Å². The van der Waals surface area contributed by atoms with E-state index < -0.39 is 0 Å². The second-order valence-corrected chi connectivity index (χ2v) is 3.64. The Kier molecular flexibility index (Phi) is 1.05. The lowest BCUT2D eigenvalue weighted by atomic mass is 9.72. The Morgan fingerprint density at radius 1 is 1.12 bits per heavy atom. The third-order valence-corrected chi connectivity index (χ3v) is 2.60. The SMILES string of the molecule is SN1CC2CC(C2)C1. The first-order valence-electron chi connectivity index (χ1n) is 3.28. The molecule has 1 aliphatic carbocycles. The lowest BCUT2D eigenvalue weighted by molar-refractivity contribution is 0.0850. The molecule has 3 aliphatic rings. The van der Waals surface area contributed by atoms with Gasteiger partial charge >= 0.3 is 0 Å². The van der Waals surface area contributed by atoms with E-state index in [1.165, 1.54) is 25.9 Å². The molecule has 0 aromatic heterocycles. The van der Waals surface area contributed by atoms with Crippen molar-refractivity contribution in [1.82, 2.24) is 4.31 Å². The predicted octanol–water partition coefficient (Wildman–Crippen LogP) is 1.17. The molecule has 46 valence electrons. The van der Waals surface area contributed by atoms with Gasteiger partial charge in [0.25, 0.3) is 0 Å². The number of piperidine rings is 2. The first kappa shape index (κ1) is 5.12. The van der Waals surface area contributed by atoms with E-state index in [1.54, 1.807) is 0 Å². The molecule has 0 aromatic rings. The molecule has 8 heavy (non-hydrogen) atoms. The molecule has 2 heteroatoms. The third kappa shape index (κ3) is 0.669. The highest BCUT2D eigenvalue weighted by Gasteiger charge is 2.35. The van der Waals surface area contributed by atoms with Gasteiger partial charge in [-0.15, -0.1) is 0 Å². The summed E-state index contributed by atoms with van der Waals surface area (Å²) < 4.78 is 2.16. The fraction of sp³-hybridized carbons (Fsp3) is 1.00. The largest absolute Gasteiger partial charge is 0.253 e. The van der Waals surface area contributed by atoms with Gasteiger partial charge in [-0.25, -0.2) is 0 Å². The van der Waals surface area contributed by atoms with E-state index in [0.717, 1.165) is 11.8 Å². The minimum Gasteiger partial charge on any atom is -0.253 e. The topological polar surface area (TPSA) is 3.24 Å². The molecule has 0 radical (unpaired) electrons. The highest BCUT2D eigenvalue weighted by molar-refractivity contribution is 7.77. The number of hydrogen-bond donors (Lipinski definition) is 1. The van der Waals surface area contributed by atoms with Gasteiger partial charge in [0.05, 0.1) is 0 Å². The molecular weight excluding hydrogens is 118 g/mol. The van der Waals surface area contributed by atoms with E-state index in [4.69, 9.17) is 0 Å². The van der Waals surface area contributed by atoms with Gasteiger partial charge < -0.3 is 0 Å². The van der Waals surface area contributed by atoms with Gasteiger partial charge in [0.15, 0.2) is 0 Å². The fourth-order valence-electron chi connectivity index (χ4n) is 1.84. The van der Waals surface area contributed by atoms with Gasteiger partial charge in [0, 0.05) is 13.1 Å². The van der Waals surface area contributed by atoms with Gasteiger partial charge in [-0.05, 0) is 24.7 Å². The maximum Gasteiger partial charge on any atom is 0.0116 e. The summed E-state index contributed by atoms with van der Waals surface area (Å²) in [6.07, 6.45) is 2.97. The number of rotatable bonds is 0. The van der Waals surface area contributed by atoms with Crippen molar-refractivity contribution in [1.29, 1.82) is 0 Å². The zero-order chi connectivity index (χ0) is 5.56. The molecule has 0 atom stereocenters. The standard InChI is InChI=1S/C6H11NS/c8-7-3-5-1-6(2-5)4-7/h5-6,8H,1-4H2. The van der Waals surface area contributed by atoms with Crippen LogP contribution in [0.2, 0.25) is 0 Å². The highest BCUT2D eigenvalue weighted by Crippen LogP contribution is 2.39. The molecule has 3 fully saturated rings. The highest BCUT2D eigenvalue weighted by atomic mass is 32.1. The molecule has 0 aromatic carbocycles. The van der Waals surface area contributed by atoms with Gasteiger partial charge in [-0.3, -0.25) is 4.31 Å². The van der Waals surface area contributed by atoms with Crippen molar-refractivity contribution >= 4 is 12.8 Å². The third-order valence-electron chi connectivity index (χ3n) is 2.27. The summed E-state index contributed by atoms with van der Waals surface area (Å²) in [4.78, 5) is 0. The summed E-state index contributed by atoms with van der Waals surface area (Å²) in [6, 6.07) is 0. The second-order valence-electron chi connectivity index (χ2n) is 3.08. The van der Waals surface area contributed by atoms with E-state index in [2.05, 4.69) is 17.1 Å². The molecule has 2 bridgehead atoms. The first-order chi connectivity index (χ1) is 3.84. The molecule has 0 spiro atoms. The van der Waals surface area contributed by atoms with Crippen LogP contribution in [0.4, 0.5) is 0 Å². The van der Waals surface area contributed by atoms with E-state index in [-0.39, 0.29) is 0 Å². The average molecular weight is 129 g/mol. The molecule has 1 saturated carbocycles. The van der Waals surface area contributed by atoms with Gasteiger partial charge in [-0.1, -0.05) is 12.8 Å². The van der Waals surface area contributed by atoms with Gasteiger partial charge in [-0.2, -0.15) is 0 Å². The molecule has 0 unspecified atom stereocenters. The summed E-state index contributed by atoms with van der Waals surface area (Å²) in [6.45, 7) is 2.47. The Bertz CT molecular complexity index is 88.7. The van der Waals surface area contributed by atoms with Crippen molar-refractivity contribution in [3.63, 3.8) is 0 Å². The van der Waals surface area contributed by atoms with Crippen molar-refractivity contribution in [3.05, 3.63) is 0 Å². The van der Waals surface area contributed by atoms with Crippen LogP contribution >= 0.6 is 12.8 Å². The second kappa shape index (κ2) is 1.64. The molecule has 0 amide bonds. The van der Waals surface area contributed by atoms with E-state index in [9.17, 15) is 0 Å². The fourth-order valence-corrected chi connectivity index (χ4v) is 2.30. The van der Waals surface area contributed by atoms with Crippen molar-refractivity contribution in [3.8, 4) is 0 Å². The zero-order valence-corrected chi connectivity index (χ0v) is 5.77. The maximum absolute atomic E-state index is 4.28. The minimum absolute atomic E-state index is 1.01. The zero-order valence-electron chi connectivity index (χ0n) is 4.88. The quantitative estimate of drug-likeness (QED) is 0.481. The molecule has 2 heterocycles. The van der Waals surface area contributed by atoms with Crippen LogP contribution in [0.15, 0.2) is 0 Å². The summed E-state index contributed by atoms with van der Waals surface area (Å²) in [5.41, 5.74) is 0. The molecule has 2 aliphatic heterocycles. The summed E-state index contributed by atoms with van der Waals surface area (Å²) >= 11 is 4.28.